The summed E-state index contributed by atoms with van der Waals surface area (Å²) in [6, 6.07) is 8.99. The molecule has 0 aromatic heterocycles. The molecule has 4 nitrogen and oxygen atoms in total. The summed E-state index contributed by atoms with van der Waals surface area (Å²) in [5, 5.41) is 10.4. The van der Waals surface area contributed by atoms with Gasteiger partial charge in [0.25, 0.3) is 0 Å². The number of allylic oxidation sites excluding steroid dienone is 1. The lowest BCUT2D eigenvalue weighted by Gasteiger charge is -2.39. The molecular weight excluding hydrogens is 308 g/mol. The zero-order valence-electron chi connectivity index (χ0n) is 16.2. The highest BCUT2D eigenvalue weighted by Gasteiger charge is 2.34. The van der Waals surface area contributed by atoms with Gasteiger partial charge in [-0.15, -0.1) is 0 Å². The van der Waals surface area contributed by atoms with E-state index in [0.29, 0.717) is 0 Å². The van der Waals surface area contributed by atoms with Gasteiger partial charge in [0, 0.05) is 24.4 Å². The van der Waals surface area contributed by atoms with E-state index in [0.717, 1.165) is 25.7 Å². The Morgan fingerprint density at radius 3 is 2.60 bits per heavy atom. The maximum Gasteiger partial charge on any atom is 0.0961 e. The first-order valence-electron chi connectivity index (χ1n) is 9.36. The van der Waals surface area contributed by atoms with Gasteiger partial charge in [0.05, 0.1) is 5.66 Å². The zero-order valence-corrected chi connectivity index (χ0v) is 16.2. The lowest BCUT2D eigenvalue weighted by molar-refractivity contribution is 0.306. The molecule has 0 bridgehead atoms. The topological polar surface area (TPSA) is 62.1 Å². The first kappa shape index (κ1) is 19.7. The van der Waals surface area contributed by atoms with Crippen LogP contribution < -0.4 is 21.7 Å². The Balaban J connectivity index is 2.26. The van der Waals surface area contributed by atoms with Crippen LogP contribution in [-0.2, 0) is 6.42 Å². The maximum absolute atomic E-state index is 5.88. The second kappa shape index (κ2) is 9.18. The van der Waals surface area contributed by atoms with E-state index in [9.17, 15) is 0 Å². The van der Waals surface area contributed by atoms with Gasteiger partial charge in [-0.05, 0) is 64.3 Å². The first-order chi connectivity index (χ1) is 12.0. The minimum Gasteiger partial charge on any atom is -0.391 e. The quantitative estimate of drug-likeness (QED) is 0.549. The van der Waals surface area contributed by atoms with Gasteiger partial charge in [-0.1, -0.05) is 36.4 Å². The van der Waals surface area contributed by atoms with Gasteiger partial charge in [-0.3, -0.25) is 10.6 Å². The molecular formula is C21H34N4. The van der Waals surface area contributed by atoms with Crippen LogP contribution in [0.4, 0.5) is 0 Å². The van der Waals surface area contributed by atoms with E-state index in [-0.39, 0.29) is 11.7 Å². The summed E-state index contributed by atoms with van der Waals surface area (Å²) in [7, 11) is 6.06. The van der Waals surface area contributed by atoms with Crippen LogP contribution in [0, 0.1) is 0 Å². The summed E-state index contributed by atoms with van der Waals surface area (Å²) in [5.41, 5.74) is 10.9. The van der Waals surface area contributed by atoms with Crippen LogP contribution in [0.15, 0.2) is 41.6 Å². The largest absolute Gasteiger partial charge is 0.391 e. The van der Waals surface area contributed by atoms with E-state index in [1.165, 1.54) is 28.8 Å². The molecule has 1 aliphatic carbocycles. The van der Waals surface area contributed by atoms with Gasteiger partial charge in [-0.25, -0.2) is 0 Å². The number of likely N-dealkylation sites (N-methyl/N-ethyl adjacent to an activating group) is 2. The van der Waals surface area contributed by atoms with E-state index >= 15 is 0 Å². The molecule has 0 radical (unpaired) electrons. The van der Waals surface area contributed by atoms with Crippen molar-refractivity contribution in [2.45, 2.75) is 50.7 Å². The van der Waals surface area contributed by atoms with E-state index in [1.54, 1.807) is 0 Å². The van der Waals surface area contributed by atoms with E-state index in [1.807, 2.05) is 21.1 Å². The molecule has 0 heterocycles. The first-order valence-corrected chi connectivity index (χ1v) is 9.36. The monoisotopic (exact) mass is 342 g/mol. The molecule has 4 heteroatoms. The fourth-order valence-corrected chi connectivity index (χ4v) is 3.63. The van der Waals surface area contributed by atoms with Crippen molar-refractivity contribution in [3.05, 3.63) is 52.7 Å². The van der Waals surface area contributed by atoms with Crippen molar-refractivity contribution in [2.24, 2.45) is 5.73 Å². The van der Waals surface area contributed by atoms with Crippen molar-refractivity contribution in [1.82, 2.24) is 16.0 Å². The lowest BCUT2D eigenvalue weighted by Crippen LogP contribution is -2.57. The Morgan fingerprint density at radius 2 is 1.96 bits per heavy atom. The number of hydrogen-bond donors (Lipinski definition) is 4. The van der Waals surface area contributed by atoms with E-state index < -0.39 is 0 Å². The fraction of sp³-hybridized carbons (Fsp3) is 0.524. The summed E-state index contributed by atoms with van der Waals surface area (Å²) in [6.07, 6.45) is 9.86. The van der Waals surface area contributed by atoms with Gasteiger partial charge in [0.2, 0.25) is 0 Å². The summed E-state index contributed by atoms with van der Waals surface area (Å²) in [5.74, 6) is 0. The van der Waals surface area contributed by atoms with Gasteiger partial charge < -0.3 is 11.1 Å². The Kier molecular flexibility index (Phi) is 7.24. The Hall–Kier alpha value is -1.62. The molecule has 0 saturated carbocycles. The van der Waals surface area contributed by atoms with Crippen LogP contribution in [0.5, 0.6) is 0 Å². The minimum absolute atomic E-state index is 0.167. The van der Waals surface area contributed by atoms with Crippen molar-refractivity contribution in [1.29, 1.82) is 0 Å². The minimum atomic E-state index is -0.167. The summed E-state index contributed by atoms with van der Waals surface area (Å²) in [6.45, 7) is 2.06. The molecule has 0 amide bonds. The fourth-order valence-electron chi connectivity index (χ4n) is 3.63. The second-order valence-corrected chi connectivity index (χ2v) is 7.00. The number of benzene rings is 1. The molecule has 1 aromatic rings. The van der Waals surface area contributed by atoms with Crippen LogP contribution in [0.2, 0.25) is 0 Å². The van der Waals surface area contributed by atoms with Crippen molar-refractivity contribution in [3.8, 4) is 0 Å². The average molecular weight is 343 g/mol. The zero-order chi connectivity index (χ0) is 18.3. The predicted octanol–water partition coefficient (Wildman–Crippen LogP) is 2.77. The van der Waals surface area contributed by atoms with Gasteiger partial charge in [0.15, 0.2) is 0 Å². The summed E-state index contributed by atoms with van der Waals surface area (Å²) < 4.78 is 0. The predicted molar refractivity (Wildman–Crippen MR) is 108 cm³/mol. The molecule has 5 N–H and O–H groups in total. The standard InChI is InChI=1S/C21H34N4/c1-16(22)10-11-17-7-5-8-18(15-17)12-13-19-20(23-2)9-6-14-21(19,24-3)25-4/h5,7-8,12-13,15-16,23-25H,6,9-11,14,22H2,1-4H3/b13-12+. The lowest BCUT2D eigenvalue weighted by atomic mass is 9.84. The third-order valence-electron chi connectivity index (χ3n) is 5.20. The van der Waals surface area contributed by atoms with Crippen molar-refractivity contribution in [2.75, 3.05) is 21.1 Å². The van der Waals surface area contributed by atoms with Crippen LogP contribution in [0.25, 0.3) is 6.08 Å². The Morgan fingerprint density at radius 1 is 1.20 bits per heavy atom. The number of rotatable bonds is 8. The van der Waals surface area contributed by atoms with Crippen molar-refractivity contribution in [3.63, 3.8) is 0 Å². The van der Waals surface area contributed by atoms with Crippen LogP contribution in [0.1, 0.15) is 43.7 Å². The third-order valence-corrected chi connectivity index (χ3v) is 5.20. The SMILES string of the molecule is CNC1=C(/C=C/c2cccc(CCC(C)N)c2)C(NC)(NC)CCC1. The molecule has 0 spiro atoms. The summed E-state index contributed by atoms with van der Waals surface area (Å²) >= 11 is 0. The molecule has 1 atom stereocenters. The highest BCUT2D eigenvalue weighted by atomic mass is 15.2. The molecule has 1 aromatic carbocycles. The molecule has 0 saturated heterocycles. The smallest absolute Gasteiger partial charge is 0.0961 e. The number of hydrogen-bond acceptors (Lipinski definition) is 4. The molecule has 1 aliphatic rings. The number of nitrogens with one attached hydrogen (secondary N) is 3. The van der Waals surface area contributed by atoms with Crippen LogP contribution >= 0.6 is 0 Å². The maximum atomic E-state index is 5.88. The van der Waals surface area contributed by atoms with Crippen molar-refractivity contribution >= 4 is 6.08 Å². The van der Waals surface area contributed by atoms with Crippen LogP contribution in [-0.4, -0.2) is 32.8 Å². The molecule has 2 rings (SSSR count). The van der Waals surface area contributed by atoms with Crippen molar-refractivity contribution < 1.29 is 0 Å². The summed E-state index contributed by atoms with van der Waals surface area (Å²) in [4.78, 5) is 0. The van der Waals surface area contributed by atoms with Gasteiger partial charge in [-0.2, -0.15) is 0 Å². The average Bonchev–Trinajstić information content (AvgIpc) is 2.64. The van der Waals surface area contributed by atoms with E-state index in [4.69, 9.17) is 5.73 Å². The molecule has 138 valence electrons. The number of nitrogens with two attached hydrogens (primary N) is 1. The number of aryl methyl sites for hydroxylation is 1. The normalized spacial score (nSPS) is 18.6. The highest BCUT2D eigenvalue weighted by Crippen LogP contribution is 2.31. The van der Waals surface area contributed by atoms with E-state index in [2.05, 4.69) is 59.3 Å². The molecule has 0 fully saturated rings. The Bertz CT molecular complexity index is 612. The van der Waals surface area contributed by atoms with Gasteiger partial charge >= 0.3 is 0 Å². The third kappa shape index (κ3) is 4.94. The van der Waals surface area contributed by atoms with Gasteiger partial charge in [0.1, 0.15) is 0 Å². The Labute approximate surface area is 153 Å². The second-order valence-electron chi connectivity index (χ2n) is 7.00. The van der Waals surface area contributed by atoms with Crippen LogP contribution in [0.3, 0.4) is 0 Å². The highest BCUT2D eigenvalue weighted by molar-refractivity contribution is 5.56. The molecule has 25 heavy (non-hydrogen) atoms. The molecule has 1 unspecified atom stereocenters. The molecule has 0 aliphatic heterocycles.